The van der Waals surface area contributed by atoms with Crippen molar-refractivity contribution in [1.29, 1.82) is 0 Å². The zero-order chi connectivity index (χ0) is 19.6. The molecule has 5 rings (SSSR count). The lowest BCUT2D eigenvalue weighted by Crippen LogP contribution is -2.09. The van der Waals surface area contributed by atoms with Crippen molar-refractivity contribution in [3.05, 3.63) is 102 Å². The van der Waals surface area contributed by atoms with Crippen LogP contribution in [0.25, 0.3) is 21.8 Å². The van der Waals surface area contributed by atoms with E-state index in [4.69, 9.17) is 4.74 Å². The molecule has 140 valence electrons. The first kappa shape index (κ1) is 17.1. The number of aromatic nitrogens is 3. The number of hydrogen-bond acceptors (Lipinski definition) is 4. The Morgan fingerprint density at radius 2 is 1.59 bits per heavy atom. The highest BCUT2D eigenvalue weighted by atomic mass is 16.5. The van der Waals surface area contributed by atoms with Crippen LogP contribution in [0.4, 0.5) is 0 Å². The van der Waals surface area contributed by atoms with Crippen molar-refractivity contribution in [2.24, 2.45) is 0 Å². The zero-order valence-corrected chi connectivity index (χ0v) is 15.5. The number of esters is 1. The maximum atomic E-state index is 12.5. The molecule has 1 aromatic heterocycles. The van der Waals surface area contributed by atoms with Crippen LogP contribution in [0.15, 0.2) is 91.0 Å². The Bertz CT molecular complexity index is 1320. The molecule has 5 aromatic rings. The maximum absolute atomic E-state index is 12.5. The van der Waals surface area contributed by atoms with Gasteiger partial charge in [-0.15, -0.1) is 5.10 Å². The molecule has 0 N–H and O–H groups in total. The van der Waals surface area contributed by atoms with Crippen molar-refractivity contribution in [3.63, 3.8) is 0 Å². The fourth-order valence-corrected chi connectivity index (χ4v) is 3.35. The number of nitrogens with zero attached hydrogens (tertiary/aromatic N) is 3. The number of benzene rings is 4. The minimum absolute atomic E-state index is 0.377. The first-order valence-electron chi connectivity index (χ1n) is 9.34. The predicted molar refractivity (Wildman–Crippen MR) is 112 cm³/mol. The van der Waals surface area contributed by atoms with Gasteiger partial charge in [-0.1, -0.05) is 59.8 Å². The summed E-state index contributed by atoms with van der Waals surface area (Å²) in [6, 6.07) is 28.8. The molecule has 0 amide bonds. The van der Waals surface area contributed by atoms with Gasteiger partial charge in [0.25, 0.3) is 0 Å². The average Bonchev–Trinajstić information content (AvgIpc) is 3.17. The molecule has 5 nitrogen and oxygen atoms in total. The molecule has 0 unspecified atom stereocenters. The molecule has 0 atom stereocenters. The standard InChI is InChI=1S/C24H17N3O2/c28-24(29-21-14-13-18-5-1-2-6-20(18)15-21)19-11-9-17(10-12-19)16-27-23-8-4-3-7-22(23)25-26-27/h1-15H,16H2. The molecule has 29 heavy (non-hydrogen) atoms. The van der Waals surface area contributed by atoms with Crippen LogP contribution in [0, 0.1) is 0 Å². The molecule has 0 radical (unpaired) electrons. The highest BCUT2D eigenvalue weighted by molar-refractivity contribution is 5.92. The van der Waals surface area contributed by atoms with Gasteiger partial charge >= 0.3 is 5.97 Å². The van der Waals surface area contributed by atoms with E-state index in [1.54, 1.807) is 12.1 Å². The lowest BCUT2D eigenvalue weighted by Gasteiger charge is -2.07. The molecule has 0 aliphatic heterocycles. The van der Waals surface area contributed by atoms with E-state index in [1.807, 2.05) is 83.5 Å². The van der Waals surface area contributed by atoms with Crippen LogP contribution < -0.4 is 4.74 Å². The minimum Gasteiger partial charge on any atom is -0.423 e. The van der Waals surface area contributed by atoms with Crippen molar-refractivity contribution >= 4 is 27.8 Å². The molecule has 0 aliphatic carbocycles. The molecule has 0 fully saturated rings. The van der Waals surface area contributed by atoms with Crippen molar-refractivity contribution in [1.82, 2.24) is 15.0 Å². The second-order valence-electron chi connectivity index (χ2n) is 6.83. The Hall–Kier alpha value is -3.99. The quantitative estimate of drug-likeness (QED) is 0.331. The number of para-hydroxylation sites is 1. The SMILES string of the molecule is O=C(Oc1ccc2ccccc2c1)c1ccc(Cn2nnc3ccccc32)cc1. The van der Waals surface area contributed by atoms with E-state index in [0.29, 0.717) is 17.9 Å². The van der Waals surface area contributed by atoms with Gasteiger partial charge in [0.05, 0.1) is 17.6 Å². The van der Waals surface area contributed by atoms with Gasteiger partial charge in [-0.2, -0.15) is 0 Å². The van der Waals surface area contributed by atoms with Gasteiger partial charge < -0.3 is 4.74 Å². The van der Waals surface area contributed by atoms with Gasteiger partial charge in [0, 0.05) is 0 Å². The van der Waals surface area contributed by atoms with Crippen molar-refractivity contribution in [2.45, 2.75) is 6.54 Å². The third kappa shape index (κ3) is 3.46. The lowest BCUT2D eigenvalue weighted by atomic mass is 10.1. The van der Waals surface area contributed by atoms with E-state index in [0.717, 1.165) is 27.4 Å². The smallest absolute Gasteiger partial charge is 0.343 e. The molecule has 0 spiro atoms. The van der Waals surface area contributed by atoms with Gasteiger partial charge in [-0.3, -0.25) is 0 Å². The fourth-order valence-electron chi connectivity index (χ4n) is 3.35. The molecule has 0 saturated carbocycles. The molecule has 0 bridgehead atoms. The number of fused-ring (bicyclic) bond motifs is 2. The summed E-state index contributed by atoms with van der Waals surface area (Å²) in [5.74, 6) is 0.157. The van der Waals surface area contributed by atoms with Crippen LogP contribution in [0.1, 0.15) is 15.9 Å². The summed E-state index contributed by atoms with van der Waals surface area (Å²) in [5.41, 5.74) is 3.38. The molecule has 0 aliphatic rings. The van der Waals surface area contributed by atoms with E-state index < -0.39 is 0 Å². The number of carbonyl (C=O) groups excluding carboxylic acids is 1. The molecule has 4 aromatic carbocycles. The summed E-state index contributed by atoms with van der Waals surface area (Å²) in [4.78, 5) is 12.5. The number of rotatable bonds is 4. The van der Waals surface area contributed by atoms with Crippen LogP contribution in [-0.4, -0.2) is 21.0 Å². The molecule has 0 saturated heterocycles. The Balaban J connectivity index is 1.32. The fraction of sp³-hybridized carbons (Fsp3) is 0.0417. The van der Waals surface area contributed by atoms with E-state index in [9.17, 15) is 4.79 Å². The highest BCUT2D eigenvalue weighted by Gasteiger charge is 2.10. The summed E-state index contributed by atoms with van der Waals surface area (Å²) in [5, 5.41) is 10.5. The van der Waals surface area contributed by atoms with Gasteiger partial charge in [-0.25, -0.2) is 9.48 Å². The second-order valence-corrected chi connectivity index (χ2v) is 6.83. The zero-order valence-electron chi connectivity index (χ0n) is 15.5. The monoisotopic (exact) mass is 379 g/mol. The Morgan fingerprint density at radius 3 is 2.45 bits per heavy atom. The second kappa shape index (κ2) is 7.20. The lowest BCUT2D eigenvalue weighted by molar-refractivity contribution is 0.0735. The summed E-state index contributed by atoms with van der Waals surface area (Å²) < 4.78 is 7.39. The van der Waals surface area contributed by atoms with E-state index in [-0.39, 0.29) is 5.97 Å². The number of ether oxygens (including phenoxy) is 1. The van der Waals surface area contributed by atoms with Crippen LogP contribution in [0.2, 0.25) is 0 Å². The van der Waals surface area contributed by atoms with Crippen LogP contribution >= 0.6 is 0 Å². The van der Waals surface area contributed by atoms with Gasteiger partial charge in [-0.05, 0) is 52.7 Å². The first-order valence-corrected chi connectivity index (χ1v) is 9.34. The van der Waals surface area contributed by atoms with Crippen molar-refractivity contribution < 1.29 is 9.53 Å². The minimum atomic E-state index is -0.377. The Labute approximate surface area is 167 Å². The van der Waals surface area contributed by atoms with Gasteiger partial charge in [0.1, 0.15) is 11.3 Å². The summed E-state index contributed by atoms with van der Waals surface area (Å²) in [6.45, 7) is 0.584. The molecule has 1 heterocycles. The van der Waals surface area contributed by atoms with Crippen LogP contribution in [0.5, 0.6) is 5.75 Å². The molecular weight excluding hydrogens is 362 g/mol. The Kier molecular flexibility index (Phi) is 4.26. The summed E-state index contributed by atoms with van der Waals surface area (Å²) in [6.07, 6.45) is 0. The largest absolute Gasteiger partial charge is 0.423 e. The maximum Gasteiger partial charge on any atom is 0.343 e. The number of hydrogen-bond donors (Lipinski definition) is 0. The van der Waals surface area contributed by atoms with E-state index in [2.05, 4.69) is 10.3 Å². The van der Waals surface area contributed by atoms with Crippen LogP contribution in [0.3, 0.4) is 0 Å². The van der Waals surface area contributed by atoms with Gasteiger partial charge in [0.15, 0.2) is 0 Å². The number of carbonyl (C=O) groups is 1. The van der Waals surface area contributed by atoms with E-state index >= 15 is 0 Å². The summed E-state index contributed by atoms with van der Waals surface area (Å²) in [7, 11) is 0. The third-order valence-corrected chi connectivity index (χ3v) is 4.87. The predicted octanol–water partition coefficient (Wildman–Crippen LogP) is 4.85. The molecule has 5 heteroatoms. The van der Waals surface area contributed by atoms with Crippen molar-refractivity contribution in [2.75, 3.05) is 0 Å². The topological polar surface area (TPSA) is 57.0 Å². The van der Waals surface area contributed by atoms with E-state index in [1.165, 1.54) is 0 Å². The van der Waals surface area contributed by atoms with Gasteiger partial charge in [0.2, 0.25) is 0 Å². The highest BCUT2D eigenvalue weighted by Crippen LogP contribution is 2.21. The Morgan fingerprint density at radius 1 is 0.828 bits per heavy atom. The first-order chi connectivity index (χ1) is 14.3. The normalized spacial score (nSPS) is 11.0. The molecular formula is C24H17N3O2. The summed E-state index contributed by atoms with van der Waals surface area (Å²) >= 11 is 0. The third-order valence-electron chi connectivity index (χ3n) is 4.87. The van der Waals surface area contributed by atoms with Crippen molar-refractivity contribution in [3.8, 4) is 5.75 Å². The average molecular weight is 379 g/mol. The van der Waals surface area contributed by atoms with Crippen LogP contribution in [-0.2, 0) is 6.54 Å².